The molecule has 1 aliphatic rings. The molecule has 0 spiro atoms. The van der Waals surface area contributed by atoms with Crippen LogP contribution in [0.4, 0.5) is 4.39 Å². The molecule has 0 N–H and O–H groups in total. The first-order valence-corrected chi connectivity index (χ1v) is 1.92. The highest BCUT2D eigenvalue weighted by molar-refractivity contribution is 5.38. The standard InChI is InChI=1S/C4H3FNO/c5-3-1-4(3)6-2-7/h3H,1H2. The second-order valence-electron chi connectivity index (χ2n) is 1.37. The minimum Gasteiger partial charge on any atom is -0.245 e. The van der Waals surface area contributed by atoms with Crippen LogP contribution < -0.4 is 0 Å². The molecule has 1 rings (SSSR count). The molecule has 0 aromatic heterocycles. The number of carbonyl (C=O) groups excluding carboxylic acids is 1. The number of hydrogen-bond donors (Lipinski definition) is 0. The Labute approximate surface area is 40.1 Å². The predicted octanol–water partition coefficient (Wildman–Crippen LogP) is 0.596. The molecule has 0 amide bonds. The van der Waals surface area contributed by atoms with Crippen molar-refractivity contribution in [1.29, 1.82) is 0 Å². The van der Waals surface area contributed by atoms with Gasteiger partial charge in [0.2, 0.25) is 6.08 Å². The van der Waals surface area contributed by atoms with E-state index in [0.717, 1.165) is 0 Å². The summed E-state index contributed by atoms with van der Waals surface area (Å²) in [4.78, 5) is 12.4. The van der Waals surface area contributed by atoms with Crippen LogP contribution in [0, 0.1) is 6.04 Å². The molecule has 1 fully saturated rings. The van der Waals surface area contributed by atoms with Gasteiger partial charge in [0.05, 0.1) is 0 Å². The van der Waals surface area contributed by atoms with E-state index in [1.165, 1.54) is 6.08 Å². The molecule has 3 heteroatoms. The molecule has 1 saturated carbocycles. The van der Waals surface area contributed by atoms with E-state index in [-0.39, 0.29) is 0 Å². The summed E-state index contributed by atoms with van der Waals surface area (Å²) in [6, 6.07) is 0.329. The molecule has 0 aliphatic heterocycles. The van der Waals surface area contributed by atoms with E-state index in [4.69, 9.17) is 0 Å². The van der Waals surface area contributed by atoms with Crippen molar-refractivity contribution in [3.05, 3.63) is 6.04 Å². The van der Waals surface area contributed by atoms with Crippen molar-refractivity contribution in [2.24, 2.45) is 4.99 Å². The van der Waals surface area contributed by atoms with Crippen LogP contribution in [0.25, 0.3) is 0 Å². The van der Waals surface area contributed by atoms with Crippen LogP contribution >= 0.6 is 0 Å². The highest BCUT2D eigenvalue weighted by Gasteiger charge is 2.38. The molecular weight excluding hydrogens is 97.0 g/mol. The zero-order valence-electron chi connectivity index (χ0n) is 3.52. The Morgan fingerprint density at radius 1 is 2.00 bits per heavy atom. The summed E-state index contributed by atoms with van der Waals surface area (Å²) in [5.41, 5.74) is 0. The van der Waals surface area contributed by atoms with E-state index in [2.05, 4.69) is 4.99 Å². The summed E-state index contributed by atoms with van der Waals surface area (Å²) in [6.07, 6.45) is 0.644. The lowest BCUT2D eigenvalue weighted by atomic mass is 10.7. The van der Waals surface area contributed by atoms with Gasteiger partial charge in [0.1, 0.15) is 12.2 Å². The van der Waals surface area contributed by atoms with Gasteiger partial charge in [0.25, 0.3) is 0 Å². The first kappa shape index (κ1) is 4.47. The van der Waals surface area contributed by atoms with Crippen molar-refractivity contribution in [2.45, 2.75) is 12.6 Å². The molecule has 1 atom stereocenters. The smallest absolute Gasteiger partial charge is 0.235 e. The Kier molecular flexibility index (Phi) is 0.912. The van der Waals surface area contributed by atoms with E-state index in [9.17, 15) is 9.18 Å². The van der Waals surface area contributed by atoms with E-state index >= 15 is 0 Å². The van der Waals surface area contributed by atoms with Crippen molar-refractivity contribution in [3.8, 4) is 0 Å². The Morgan fingerprint density at radius 3 is 2.71 bits per heavy atom. The third-order valence-corrected chi connectivity index (χ3v) is 0.779. The highest BCUT2D eigenvalue weighted by Crippen LogP contribution is 2.36. The molecule has 0 saturated heterocycles. The average Bonchev–Trinajstić information content (AvgIpc) is 2.22. The Hall–Kier alpha value is -0.690. The second kappa shape index (κ2) is 1.43. The quantitative estimate of drug-likeness (QED) is 0.350. The largest absolute Gasteiger partial charge is 0.245 e. The molecule has 1 unspecified atom stereocenters. The zero-order valence-corrected chi connectivity index (χ0v) is 3.52. The van der Waals surface area contributed by atoms with Gasteiger partial charge < -0.3 is 0 Å². The lowest BCUT2D eigenvalue weighted by Gasteiger charge is -1.66. The van der Waals surface area contributed by atoms with Crippen molar-refractivity contribution < 1.29 is 9.18 Å². The normalized spacial score (nSPS) is 29.0. The summed E-state index contributed by atoms with van der Waals surface area (Å²) in [7, 11) is 0. The van der Waals surface area contributed by atoms with Gasteiger partial charge >= 0.3 is 0 Å². The molecule has 37 valence electrons. The lowest BCUT2D eigenvalue weighted by Crippen LogP contribution is -1.66. The molecule has 1 radical (unpaired) electrons. The molecule has 2 nitrogen and oxygen atoms in total. The summed E-state index contributed by atoms with van der Waals surface area (Å²) < 4.78 is 11.7. The van der Waals surface area contributed by atoms with Crippen molar-refractivity contribution in [3.63, 3.8) is 0 Å². The Morgan fingerprint density at radius 2 is 2.57 bits per heavy atom. The third kappa shape index (κ3) is 0.842. The zero-order chi connectivity index (χ0) is 5.28. The fraction of sp³-hybridized carbons (Fsp3) is 0.500. The maximum atomic E-state index is 11.7. The predicted molar refractivity (Wildman–Crippen MR) is 20.9 cm³/mol. The molecule has 0 bridgehead atoms. The molecule has 0 heterocycles. The van der Waals surface area contributed by atoms with Gasteiger partial charge in [0, 0.05) is 6.42 Å². The van der Waals surface area contributed by atoms with Gasteiger partial charge in [-0.1, -0.05) is 0 Å². The molecule has 7 heavy (non-hydrogen) atoms. The van der Waals surface area contributed by atoms with Gasteiger partial charge in [0.15, 0.2) is 0 Å². The van der Waals surface area contributed by atoms with Gasteiger partial charge in [-0.25, -0.2) is 9.18 Å². The minimum absolute atomic E-state index is 0.329. The molecule has 0 aromatic rings. The van der Waals surface area contributed by atoms with Crippen LogP contribution in [-0.2, 0) is 4.79 Å². The van der Waals surface area contributed by atoms with Gasteiger partial charge in [-0.15, -0.1) is 0 Å². The number of alkyl halides is 1. The number of aliphatic imine (C=N–C) groups is 1. The first-order valence-electron chi connectivity index (χ1n) is 1.92. The van der Waals surface area contributed by atoms with Crippen LogP contribution in [0.3, 0.4) is 0 Å². The molecule has 1 aliphatic carbocycles. The summed E-state index contributed by atoms with van der Waals surface area (Å²) in [5, 5.41) is 0. The maximum absolute atomic E-state index is 11.7. The number of halogens is 1. The topological polar surface area (TPSA) is 29.4 Å². The van der Waals surface area contributed by atoms with Crippen molar-refractivity contribution in [1.82, 2.24) is 0 Å². The fourth-order valence-electron chi connectivity index (χ4n) is 0.299. The van der Waals surface area contributed by atoms with Crippen LogP contribution in [0.2, 0.25) is 0 Å². The van der Waals surface area contributed by atoms with Crippen LogP contribution in [0.1, 0.15) is 6.42 Å². The summed E-state index contributed by atoms with van der Waals surface area (Å²) >= 11 is 0. The average molecular weight is 100 g/mol. The van der Waals surface area contributed by atoms with E-state index in [1.807, 2.05) is 0 Å². The van der Waals surface area contributed by atoms with Crippen LogP contribution in [-0.4, -0.2) is 12.3 Å². The van der Waals surface area contributed by atoms with Crippen molar-refractivity contribution >= 4 is 6.08 Å². The van der Waals surface area contributed by atoms with Gasteiger partial charge in [-0.2, -0.15) is 4.99 Å². The van der Waals surface area contributed by atoms with Gasteiger partial charge in [-0.05, 0) is 0 Å². The van der Waals surface area contributed by atoms with E-state index < -0.39 is 6.17 Å². The highest BCUT2D eigenvalue weighted by atomic mass is 19.1. The van der Waals surface area contributed by atoms with Crippen LogP contribution in [0.5, 0.6) is 0 Å². The molecular formula is C4H3FNO. The lowest BCUT2D eigenvalue weighted by molar-refractivity contribution is 0.484. The van der Waals surface area contributed by atoms with Gasteiger partial charge in [-0.3, -0.25) is 0 Å². The SMILES string of the molecule is O=C=N[C]1CC1F. The number of rotatable bonds is 1. The molecule has 0 aromatic carbocycles. The summed E-state index contributed by atoms with van der Waals surface area (Å²) in [6.45, 7) is 0. The van der Waals surface area contributed by atoms with E-state index in [0.29, 0.717) is 12.5 Å². The number of isocyanates is 1. The second-order valence-corrected chi connectivity index (χ2v) is 1.37. The van der Waals surface area contributed by atoms with Crippen LogP contribution in [0.15, 0.2) is 4.99 Å². The fourth-order valence-corrected chi connectivity index (χ4v) is 0.299. The minimum atomic E-state index is -0.943. The van der Waals surface area contributed by atoms with Crippen molar-refractivity contribution in [2.75, 3.05) is 0 Å². The summed E-state index contributed by atoms with van der Waals surface area (Å²) in [5.74, 6) is 0. The monoisotopic (exact) mass is 100 g/mol. The van der Waals surface area contributed by atoms with E-state index in [1.54, 1.807) is 0 Å². The Bertz CT molecular complexity index is 119. The number of hydrogen-bond acceptors (Lipinski definition) is 2. The Balaban J connectivity index is 2.34. The number of nitrogens with zero attached hydrogens (tertiary/aromatic N) is 1. The third-order valence-electron chi connectivity index (χ3n) is 0.779. The first-order chi connectivity index (χ1) is 3.34. The maximum Gasteiger partial charge on any atom is 0.235 e.